The van der Waals surface area contributed by atoms with Crippen molar-refractivity contribution in [3.63, 3.8) is 0 Å². The predicted molar refractivity (Wildman–Crippen MR) is 87.0 cm³/mol. The number of carbonyl (C=O) groups is 1. The number of hydrogen-bond acceptors (Lipinski definition) is 3. The summed E-state index contributed by atoms with van der Waals surface area (Å²) in [6, 6.07) is 10.2. The fourth-order valence-corrected chi connectivity index (χ4v) is 3.82. The van der Waals surface area contributed by atoms with Gasteiger partial charge in [0.05, 0.1) is 0 Å². The fraction of sp³-hybridized carbons (Fsp3) is 0.471. The van der Waals surface area contributed by atoms with Crippen molar-refractivity contribution < 1.29 is 17.8 Å². The van der Waals surface area contributed by atoms with Gasteiger partial charge in [0.2, 0.25) is 0 Å². The number of carbonyl (C=O) groups excluding carboxylic acids is 1. The maximum absolute atomic E-state index is 12.6. The molecule has 120 valence electrons. The zero-order valence-corrected chi connectivity index (χ0v) is 14.0. The Morgan fingerprint density at radius 1 is 1.18 bits per heavy atom. The second-order valence-electron chi connectivity index (χ2n) is 6.72. The Bertz CT molecular complexity index is 665. The number of ketones is 1. The van der Waals surface area contributed by atoms with Crippen LogP contribution in [0.5, 0.6) is 0 Å². The van der Waals surface area contributed by atoms with E-state index in [1.165, 1.54) is 0 Å². The van der Waals surface area contributed by atoms with Gasteiger partial charge in [0, 0.05) is 5.41 Å². The molecule has 0 aromatic heterocycles. The summed E-state index contributed by atoms with van der Waals surface area (Å²) in [7, 11) is -3.12. The Morgan fingerprint density at radius 2 is 1.73 bits per heavy atom. The van der Waals surface area contributed by atoms with Crippen molar-refractivity contribution in [2.45, 2.75) is 33.6 Å². The Kier molecular flexibility index (Phi) is 4.59. The Hall–Kier alpha value is -1.46. The molecule has 0 saturated heterocycles. The van der Waals surface area contributed by atoms with Crippen LogP contribution in [0, 0.1) is 16.7 Å². The summed E-state index contributed by atoms with van der Waals surface area (Å²) in [5.41, 5.74) is 2.18. The molecule has 2 aliphatic rings. The SMILES string of the molecule is CC12CCC(C(=Cc3ccccc3)C1=O)C2(C)C.O=[SH](=O)O. The Balaban J connectivity index is 0.000000396. The van der Waals surface area contributed by atoms with Crippen LogP contribution in [0.3, 0.4) is 0 Å². The molecule has 2 aliphatic carbocycles. The molecular weight excluding hydrogens is 300 g/mol. The summed E-state index contributed by atoms with van der Waals surface area (Å²) in [5, 5.41) is 0. The molecule has 2 bridgehead atoms. The maximum atomic E-state index is 12.6. The van der Waals surface area contributed by atoms with Crippen LogP contribution in [0.1, 0.15) is 39.2 Å². The molecule has 22 heavy (non-hydrogen) atoms. The van der Waals surface area contributed by atoms with Gasteiger partial charge < -0.3 is 0 Å². The molecule has 0 radical (unpaired) electrons. The van der Waals surface area contributed by atoms with Crippen molar-refractivity contribution in [1.29, 1.82) is 0 Å². The molecule has 2 fully saturated rings. The number of fused-ring (bicyclic) bond motifs is 2. The molecule has 4 nitrogen and oxygen atoms in total. The molecule has 1 aromatic carbocycles. The average molecular weight is 322 g/mol. The van der Waals surface area contributed by atoms with Crippen molar-refractivity contribution in [3.05, 3.63) is 41.5 Å². The van der Waals surface area contributed by atoms with Crippen LogP contribution < -0.4 is 0 Å². The summed E-state index contributed by atoms with van der Waals surface area (Å²) >= 11 is 0. The highest BCUT2D eigenvalue weighted by atomic mass is 32.2. The lowest BCUT2D eigenvalue weighted by atomic mass is 9.70. The van der Waals surface area contributed by atoms with Gasteiger partial charge in [-0.1, -0.05) is 51.1 Å². The van der Waals surface area contributed by atoms with E-state index in [9.17, 15) is 4.79 Å². The minimum absolute atomic E-state index is 0.116. The van der Waals surface area contributed by atoms with Gasteiger partial charge in [-0.3, -0.25) is 9.35 Å². The van der Waals surface area contributed by atoms with Crippen LogP contribution in [-0.2, 0) is 15.8 Å². The molecule has 0 spiro atoms. The molecule has 1 N–H and O–H groups in total. The lowest BCUT2D eigenvalue weighted by Crippen LogP contribution is -2.32. The number of rotatable bonds is 1. The first kappa shape index (κ1) is 16.9. The summed E-state index contributed by atoms with van der Waals surface area (Å²) in [5.74, 6) is 0.822. The minimum atomic E-state index is -3.12. The smallest absolute Gasteiger partial charge is 0.254 e. The van der Waals surface area contributed by atoms with E-state index in [0.29, 0.717) is 11.7 Å². The van der Waals surface area contributed by atoms with Gasteiger partial charge in [-0.05, 0) is 41.4 Å². The second-order valence-corrected chi connectivity index (χ2v) is 7.20. The third kappa shape index (κ3) is 2.75. The fourth-order valence-electron chi connectivity index (χ4n) is 3.82. The van der Waals surface area contributed by atoms with Crippen molar-refractivity contribution in [3.8, 4) is 0 Å². The molecule has 1 aromatic rings. The Morgan fingerprint density at radius 3 is 2.18 bits per heavy atom. The lowest BCUT2D eigenvalue weighted by molar-refractivity contribution is -0.125. The third-order valence-electron chi connectivity index (χ3n) is 5.49. The van der Waals surface area contributed by atoms with Gasteiger partial charge in [-0.2, -0.15) is 0 Å². The molecule has 3 rings (SSSR count). The normalized spacial score (nSPS) is 30.5. The van der Waals surface area contributed by atoms with E-state index in [1.54, 1.807) is 0 Å². The van der Waals surface area contributed by atoms with Gasteiger partial charge >= 0.3 is 0 Å². The van der Waals surface area contributed by atoms with Crippen LogP contribution in [0.25, 0.3) is 6.08 Å². The first-order chi connectivity index (χ1) is 10.2. The van der Waals surface area contributed by atoms with Crippen LogP contribution in [0.15, 0.2) is 35.9 Å². The number of benzene rings is 1. The molecular formula is C17H22O4S. The lowest BCUT2D eigenvalue weighted by Gasteiger charge is -2.31. The van der Waals surface area contributed by atoms with Crippen molar-refractivity contribution in [2.24, 2.45) is 16.7 Å². The summed E-state index contributed by atoms with van der Waals surface area (Å²) in [6.07, 6.45) is 4.32. The summed E-state index contributed by atoms with van der Waals surface area (Å²) < 4.78 is 24.2. The van der Waals surface area contributed by atoms with Crippen molar-refractivity contribution in [2.75, 3.05) is 0 Å². The number of Topliss-reactive ketones (excluding diaryl/α,β-unsaturated/α-hetero) is 1. The third-order valence-corrected chi connectivity index (χ3v) is 5.49. The van der Waals surface area contributed by atoms with Crippen LogP contribution in [-0.4, -0.2) is 18.8 Å². The first-order valence-electron chi connectivity index (χ1n) is 7.35. The van der Waals surface area contributed by atoms with Crippen LogP contribution in [0.4, 0.5) is 0 Å². The number of hydrogen-bond donors (Lipinski definition) is 2. The second kappa shape index (κ2) is 5.97. The molecule has 0 amide bonds. The minimum Gasteiger partial charge on any atom is -0.294 e. The van der Waals surface area contributed by atoms with E-state index in [4.69, 9.17) is 13.0 Å². The number of thiol groups is 1. The quantitative estimate of drug-likeness (QED) is 0.473. The predicted octanol–water partition coefficient (Wildman–Crippen LogP) is 3.17. The topological polar surface area (TPSA) is 71.4 Å². The van der Waals surface area contributed by atoms with Crippen molar-refractivity contribution >= 4 is 22.8 Å². The van der Waals surface area contributed by atoms with Gasteiger partial charge in [0.15, 0.2) is 5.78 Å². The summed E-state index contributed by atoms with van der Waals surface area (Å²) in [4.78, 5) is 12.6. The van der Waals surface area contributed by atoms with Gasteiger partial charge in [0.1, 0.15) is 0 Å². The van der Waals surface area contributed by atoms with E-state index in [-0.39, 0.29) is 10.8 Å². The van der Waals surface area contributed by atoms with Gasteiger partial charge in [-0.25, -0.2) is 8.42 Å². The van der Waals surface area contributed by atoms with Gasteiger partial charge in [-0.15, -0.1) is 0 Å². The van der Waals surface area contributed by atoms with Crippen LogP contribution in [0.2, 0.25) is 0 Å². The maximum Gasteiger partial charge on any atom is 0.254 e. The monoisotopic (exact) mass is 322 g/mol. The largest absolute Gasteiger partial charge is 0.294 e. The van der Waals surface area contributed by atoms with Crippen molar-refractivity contribution in [1.82, 2.24) is 0 Å². The molecule has 0 heterocycles. The van der Waals surface area contributed by atoms with E-state index in [1.807, 2.05) is 18.2 Å². The zero-order valence-electron chi connectivity index (χ0n) is 13.1. The van der Waals surface area contributed by atoms with E-state index in [0.717, 1.165) is 24.0 Å². The van der Waals surface area contributed by atoms with E-state index >= 15 is 0 Å². The zero-order chi connectivity index (χ0) is 16.5. The highest BCUT2D eigenvalue weighted by Gasteiger charge is 2.63. The molecule has 2 unspecified atom stereocenters. The highest BCUT2D eigenvalue weighted by molar-refractivity contribution is 7.66. The number of allylic oxidation sites excluding steroid dienone is 1. The summed E-state index contributed by atoms with van der Waals surface area (Å²) in [6.45, 7) is 6.67. The molecule has 0 aliphatic heterocycles. The van der Waals surface area contributed by atoms with Gasteiger partial charge in [0.25, 0.3) is 11.0 Å². The first-order valence-corrected chi connectivity index (χ1v) is 8.48. The standard InChI is InChI=1S/C17H20O.H2O3S/c1-16(2)14-9-10-17(16,3)15(18)13(14)11-12-7-5-4-6-8-12;1-4(2)3/h4-8,11,14H,9-10H2,1-3H3;4H,(H,1,2,3). The molecule has 2 saturated carbocycles. The van der Waals surface area contributed by atoms with E-state index in [2.05, 4.69) is 39.0 Å². The average Bonchev–Trinajstić information content (AvgIpc) is 2.74. The van der Waals surface area contributed by atoms with Crippen LogP contribution >= 0.6 is 0 Å². The molecule has 5 heteroatoms. The van der Waals surface area contributed by atoms with E-state index < -0.39 is 11.0 Å². The Labute approximate surface area is 133 Å². The highest BCUT2D eigenvalue weighted by Crippen LogP contribution is 2.65. The molecule has 2 atom stereocenters.